The van der Waals surface area contributed by atoms with Crippen molar-refractivity contribution in [2.45, 2.75) is 30.7 Å². The highest BCUT2D eigenvalue weighted by Crippen LogP contribution is 2.28. The van der Waals surface area contributed by atoms with E-state index in [4.69, 9.17) is 22.1 Å². The second-order valence-electron chi connectivity index (χ2n) is 3.98. The number of ether oxygens (including phenoxy) is 1. The van der Waals surface area contributed by atoms with Gasteiger partial charge in [-0.05, 0) is 30.5 Å². The first-order valence-electron chi connectivity index (χ1n) is 5.83. The van der Waals surface area contributed by atoms with Gasteiger partial charge in [-0.3, -0.25) is 0 Å². The number of nitrogens with two attached hydrogens (primary N) is 1. The molecule has 0 amide bonds. The Balaban J connectivity index is 2.59. The van der Waals surface area contributed by atoms with Gasteiger partial charge in [-0.25, -0.2) is 0 Å². The minimum absolute atomic E-state index is 0.220. The smallest absolute Gasteiger partial charge is 0.0556 e. The lowest BCUT2D eigenvalue weighted by Gasteiger charge is -2.10. The van der Waals surface area contributed by atoms with E-state index in [1.165, 1.54) is 5.56 Å². The molecule has 1 rings (SSSR count). The summed E-state index contributed by atoms with van der Waals surface area (Å²) in [6.07, 6.45) is 1.88. The predicted molar refractivity (Wildman–Crippen MR) is 76.0 cm³/mol. The van der Waals surface area contributed by atoms with Crippen molar-refractivity contribution in [2.24, 2.45) is 5.73 Å². The molecule has 0 aromatic heterocycles. The van der Waals surface area contributed by atoms with Crippen LogP contribution in [0.3, 0.4) is 0 Å². The van der Waals surface area contributed by atoms with E-state index in [2.05, 4.69) is 19.1 Å². The Morgan fingerprint density at radius 1 is 1.47 bits per heavy atom. The molecule has 0 saturated heterocycles. The lowest BCUT2D eigenvalue weighted by atomic mass is 10.1. The van der Waals surface area contributed by atoms with E-state index in [-0.39, 0.29) is 6.04 Å². The van der Waals surface area contributed by atoms with E-state index >= 15 is 0 Å². The molecule has 0 radical (unpaired) electrons. The topological polar surface area (TPSA) is 35.2 Å². The standard InChI is InChI=1S/C13H20ClNOS/c1-3-11(15)8-10-4-5-13(12(14)9-10)17-7-6-16-2/h4-5,9,11H,3,6-8,15H2,1-2H3. The molecule has 96 valence electrons. The minimum Gasteiger partial charge on any atom is -0.384 e. The molecule has 0 aliphatic carbocycles. The number of methoxy groups -OCH3 is 1. The molecule has 17 heavy (non-hydrogen) atoms. The third-order valence-corrected chi connectivity index (χ3v) is 4.03. The second kappa shape index (κ2) is 7.98. The molecule has 4 heteroatoms. The van der Waals surface area contributed by atoms with E-state index in [0.717, 1.165) is 35.1 Å². The Bertz CT molecular complexity index is 346. The van der Waals surface area contributed by atoms with E-state index in [9.17, 15) is 0 Å². The molecular formula is C13H20ClNOS. The third kappa shape index (κ3) is 5.30. The van der Waals surface area contributed by atoms with Crippen molar-refractivity contribution in [2.75, 3.05) is 19.5 Å². The molecule has 1 atom stereocenters. The number of thioether (sulfide) groups is 1. The van der Waals surface area contributed by atoms with Crippen LogP contribution in [0.4, 0.5) is 0 Å². The Kier molecular flexibility index (Phi) is 6.97. The summed E-state index contributed by atoms with van der Waals surface area (Å²) in [4.78, 5) is 1.11. The molecule has 1 unspecified atom stereocenters. The average Bonchev–Trinajstić information content (AvgIpc) is 2.32. The molecule has 0 saturated carbocycles. The van der Waals surface area contributed by atoms with Crippen LogP contribution in [0, 0.1) is 0 Å². The Morgan fingerprint density at radius 2 is 2.24 bits per heavy atom. The molecule has 1 aromatic rings. The zero-order chi connectivity index (χ0) is 12.7. The number of halogens is 1. The van der Waals surface area contributed by atoms with Crippen LogP contribution in [0.15, 0.2) is 23.1 Å². The molecular weight excluding hydrogens is 254 g/mol. The molecule has 2 N–H and O–H groups in total. The first-order chi connectivity index (χ1) is 8.17. The van der Waals surface area contributed by atoms with Crippen LogP contribution in [0.1, 0.15) is 18.9 Å². The monoisotopic (exact) mass is 273 g/mol. The highest BCUT2D eigenvalue weighted by Gasteiger charge is 2.05. The van der Waals surface area contributed by atoms with Crippen LogP contribution < -0.4 is 5.73 Å². The van der Waals surface area contributed by atoms with Crippen molar-refractivity contribution < 1.29 is 4.74 Å². The fourth-order valence-electron chi connectivity index (χ4n) is 1.47. The summed E-state index contributed by atoms with van der Waals surface area (Å²) in [5, 5.41) is 0.812. The number of hydrogen-bond acceptors (Lipinski definition) is 3. The van der Waals surface area contributed by atoms with Gasteiger partial charge in [-0.15, -0.1) is 11.8 Å². The van der Waals surface area contributed by atoms with Gasteiger partial charge in [0, 0.05) is 23.8 Å². The zero-order valence-electron chi connectivity index (χ0n) is 10.4. The second-order valence-corrected chi connectivity index (χ2v) is 5.52. The van der Waals surface area contributed by atoms with Gasteiger partial charge in [-0.2, -0.15) is 0 Å². The molecule has 2 nitrogen and oxygen atoms in total. The highest BCUT2D eigenvalue weighted by molar-refractivity contribution is 7.99. The summed E-state index contributed by atoms with van der Waals surface area (Å²) in [5.74, 6) is 0.921. The first kappa shape index (κ1) is 14.8. The van der Waals surface area contributed by atoms with Crippen LogP contribution in [-0.4, -0.2) is 25.5 Å². The molecule has 0 spiro atoms. The van der Waals surface area contributed by atoms with Crippen LogP contribution in [0.25, 0.3) is 0 Å². The molecule has 0 bridgehead atoms. The van der Waals surface area contributed by atoms with Crippen molar-refractivity contribution in [3.8, 4) is 0 Å². The minimum atomic E-state index is 0.220. The first-order valence-corrected chi connectivity index (χ1v) is 7.19. The van der Waals surface area contributed by atoms with E-state index in [0.29, 0.717) is 0 Å². The van der Waals surface area contributed by atoms with Gasteiger partial charge in [0.15, 0.2) is 0 Å². The predicted octanol–water partition coefficient (Wildman–Crippen LogP) is 3.36. The quantitative estimate of drug-likeness (QED) is 0.611. The maximum Gasteiger partial charge on any atom is 0.0556 e. The van der Waals surface area contributed by atoms with Gasteiger partial charge < -0.3 is 10.5 Å². The fraction of sp³-hybridized carbons (Fsp3) is 0.538. The van der Waals surface area contributed by atoms with E-state index in [1.54, 1.807) is 18.9 Å². The van der Waals surface area contributed by atoms with Gasteiger partial charge in [-0.1, -0.05) is 24.6 Å². The van der Waals surface area contributed by atoms with Crippen molar-refractivity contribution in [1.29, 1.82) is 0 Å². The molecule has 0 aliphatic rings. The summed E-state index contributed by atoms with van der Waals surface area (Å²) in [6, 6.07) is 6.42. The summed E-state index contributed by atoms with van der Waals surface area (Å²) in [7, 11) is 1.71. The van der Waals surface area contributed by atoms with Crippen LogP contribution >= 0.6 is 23.4 Å². The van der Waals surface area contributed by atoms with Gasteiger partial charge >= 0.3 is 0 Å². The number of benzene rings is 1. The van der Waals surface area contributed by atoms with Crippen molar-refractivity contribution in [3.05, 3.63) is 28.8 Å². The average molecular weight is 274 g/mol. The molecule has 0 fully saturated rings. The van der Waals surface area contributed by atoms with Crippen LogP contribution in [0.2, 0.25) is 5.02 Å². The summed E-state index contributed by atoms with van der Waals surface area (Å²) >= 11 is 7.95. The lowest BCUT2D eigenvalue weighted by molar-refractivity contribution is 0.218. The Hall–Kier alpha value is -0.220. The largest absolute Gasteiger partial charge is 0.384 e. The lowest BCUT2D eigenvalue weighted by Crippen LogP contribution is -2.21. The Morgan fingerprint density at radius 3 is 2.82 bits per heavy atom. The van der Waals surface area contributed by atoms with Gasteiger partial charge in [0.25, 0.3) is 0 Å². The third-order valence-electron chi connectivity index (χ3n) is 2.56. The highest BCUT2D eigenvalue weighted by atomic mass is 35.5. The van der Waals surface area contributed by atoms with E-state index in [1.807, 2.05) is 6.07 Å². The number of hydrogen-bond donors (Lipinski definition) is 1. The molecule has 0 aliphatic heterocycles. The van der Waals surface area contributed by atoms with Gasteiger partial charge in [0.2, 0.25) is 0 Å². The maximum atomic E-state index is 6.23. The van der Waals surface area contributed by atoms with E-state index < -0.39 is 0 Å². The van der Waals surface area contributed by atoms with Crippen molar-refractivity contribution in [1.82, 2.24) is 0 Å². The SMILES string of the molecule is CCC(N)Cc1ccc(SCCOC)c(Cl)c1. The normalized spacial score (nSPS) is 12.7. The van der Waals surface area contributed by atoms with Crippen LogP contribution in [-0.2, 0) is 11.2 Å². The summed E-state index contributed by atoms with van der Waals surface area (Å²) in [5.41, 5.74) is 7.14. The fourth-order valence-corrected chi connectivity index (χ4v) is 2.67. The van der Waals surface area contributed by atoms with Crippen molar-refractivity contribution in [3.63, 3.8) is 0 Å². The summed E-state index contributed by atoms with van der Waals surface area (Å²) < 4.78 is 5.01. The zero-order valence-corrected chi connectivity index (χ0v) is 12.0. The summed E-state index contributed by atoms with van der Waals surface area (Å²) in [6.45, 7) is 2.84. The molecule has 1 aromatic carbocycles. The maximum absolute atomic E-state index is 6.23. The molecule has 0 heterocycles. The Labute approximate surface area is 113 Å². The van der Waals surface area contributed by atoms with Crippen LogP contribution in [0.5, 0.6) is 0 Å². The van der Waals surface area contributed by atoms with Gasteiger partial charge in [0.1, 0.15) is 0 Å². The number of rotatable bonds is 7. The van der Waals surface area contributed by atoms with Gasteiger partial charge in [0.05, 0.1) is 11.6 Å². The van der Waals surface area contributed by atoms with Crippen molar-refractivity contribution >= 4 is 23.4 Å².